The summed E-state index contributed by atoms with van der Waals surface area (Å²) < 4.78 is 12.2. The van der Waals surface area contributed by atoms with Gasteiger partial charge in [0, 0.05) is 48.8 Å². The van der Waals surface area contributed by atoms with Crippen LogP contribution in [0.3, 0.4) is 0 Å². The molecule has 0 N–H and O–H groups in total. The van der Waals surface area contributed by atoms with Gasteiger partial charge in [-0.2, -0.15) is 0 Å². The molecule has 0 bridgehead atoms. The molecule has 5 nitrogen and oxygen atoms in total. The lowest BCUT2D eigenvalue weighted by molar-refractivity contribution is 0.0993. The molecule has 0 aromatic heterocycles. The summed E-state index contributed by atoms with van der Waals surface area (Å²) in [5.41, 5.74) is 2.48. The van der Waals surface area contributed by atoms with Crippen molar-refractivity contribution in [2.45, 2.75) is 25.4 Å². The van der Waals surface area contributed by atoms with Gasteiger partial charge < -0.3 is 14.4 Å². The van der Waals surface area contributed by atoms with E-state index in [0.29, 0.717) is 6.04 Å². The average Bonchev–Trinajstić information content (AvgIpc) is 2.80. The molecular formula is C24H32BrN3O2. The topological polar surface area (TPSA) is 28.2 Å². The van der Waals surface area contributed by atoms with Gasteiger partial charge in [0.2, 0.25) is 0 Å². The zero-order valence-electron chi connectivity index (χ0n) is 18.0. The van der Waals surface area contributed by atoms with Crippen molar-refractivity contribution >= 4 is 21.6 Å². The van der Waals surface area contributed by atoms with E-state index >= 15 is 0 Å². The number of likely N-dealkylation sites (tertiary alicyclic amines) is 1. The van der Waals surface area contributed by atoms with Crippen LogP contribution in [0.5, 0.6) is 11.5 Å². The van der Waals surface area contributed by atoms with Crippen LogP contribution in [0, 0.1) is 0 Å². The molecule has 2 fully saturated rings. The predicted octanol–water partition coefficient (Wildman–Crippen LogP) is 4.25. The van der Waals surface area contributed by atoms with E-state index in [1.54, 1.807) is 14.2 Å². The van der Waals surface area contributed by atoms with E-state index in [0.717, 1.165) is 61.8 Å². The lowest BCUT2D eigenvalue weighted by Gasteiger charge is -2.43. The zero-order valence-corrected chi connectivity index (χ0v) is 19.6. The molecule has 0 saturated carbocycles. The molecule has 0 atom stereocenters. The third kappa shape index (κ3) is 4.93. The third-order valence-corrected chi connectivity index (χ3v) is 6.94. The summed E-state index contributed by atoms with van der Waals surface area (Å²) in [6.45, 7) is 7.63. The minimum absolute atomic E-state index is 0.700. The molecule has 2 aliphatic heterocycles. The minimum Gasteiger partial charge on any atom is -0.496 e. The second-order valence-electron chi connectivity index (χ2n) is 8.16. The van der Waals surface area contributed by atoms with E-state index in [1.807, 2.05) is 18.2 Å². The van der Waals surface area contributed by atoms with Crippen LogP contribution in [0.4, 0.5) is 5.69 Å². The van der Waals surface area contributed by atoms with Crippen molar-refractivity contribution in [2.75, 3.05) is 58.4 Å². The van der Waals surface area contributed by atoms with Gasteiger partial charge in [-0.3, -0.25) is 9.80 Å². The van der Waals surface area contributed by atoms with Crippen molar-refractivity contribution in [2.24, 2.45) is 0 Å². The minimum atomic E-state index is 0.700. The summed E-state index contributed by atoms with van der Waals surface area (Å²) >= 11 is 3.59. The Morgan fingerprint density at radius 1 is 0.867 bits per heavy atom. The molecule has 0 aliphatic carbocycles. The van der Waals surface area contributed by atoms with Crippen LogP contribution in [-0.2, 0) is 6.54 Å². The molecule has 2 heterocycles. The summed E-state index contributed by atoms with van der Waals surface area (Å²) in [7, 11) is 3.51. The Morgan fingerprint density at radius 3 is 2.27 bits per heavy atom. The van der Waals surface area contributed by atoms with Crippen LogP contribution in [0.2, 0.25) is 0 Å². The highest BCUT2D eigenvalue weighted by Gasteiger charge is 2.28. The first-order valence-electron chi connectivity index (χ1n) is 10.8. The number of para-hydroxylation sites is 2. The van der Waals surface area contributed by atoms with Gasteiger partial charge in [0.25, 0.3) is 0 Å². The van der Waals surface area contributed by atoms with Crippen LogP contribution in [0.15, 0.2) is 46.9 Å². The fraction of sp³-hybridized carbons (Fsp3) is 0.500. The summed E-state index contributed by atoms with van der Waals surface area (Å²) in [6, 6.07) is 15.3. The fourth-order valence-electron chi connectivity index (χ4n) is 4.77. The van der Waals surface area contributed by atoms with Crippen LogP contribution in [0.1, 0.15) is 18.4 Å². The summed E-state index contributed by atoms with van der Waals surface area (Å²) in [4.78, 5) is 7.72. The first-order valence-corrected chi connectivity index (χ1v) is 11.6. The molecule has 2 aromatic rings. The Labute approximate surface area is 188 Å². The molecule has 162 valence electrons. The van der Waals surface area contributed by atoms with Crippen LogP contribution in [-0.4, -0.2) is 69.3 Å². The van der Waals surface area contributed by atoms with E-state index in [2.05, 4.69) is 54.9 Å². The Morgan fingerprint density at radius 2 is 1.57 bits per heavy atom. The van der Waals surface area contributed by atoms with Crippen LogP contribution in [0.25, 0.3) is 0 Å². The molecule has 6 heteroatoms. The number of halogens is 1. The van der Waals surface area contributed by atoms with Crippen molar-refractivity contribution in [3.8, 4) is 11.5 Å². The van der Waals surface area contributed by atoms with Gasteiger partial charge in [0.05, 0.1) is 19.9 Å². The number of nitrogens with zero attached hydrogens (tertiary/aromatic N) is 3. The van der Waals surface area contributed by atoms with Gasteiger partial charge in [0.1, 0.15) is 11.5 Å². The normalized spacial score (nSPS) is 19.1. The first kappa shape index (κ1) is 21.5. The number of hydrogen-bond acceptors (Lipinski definition) is 5. The monoisotopic (exact) mass is 473 g/mol. The quantitative estimate of drug-likeness (QED) is 0.624. The van der Waals surface area contributed by atoms with Gasteiger partial charge >= 0.3 is 0 Å². The van der Waals surface area contributed by atoms with Crippen molar-refractivity contribution in [3.05, 3.63) is 52.5 Å². The Hall–Kier alpha value is -1.76. The van der Waals surface area contributed by atoms with Crippen molar-refractivity contribution < 1.29 is 9.47 Å². The lowest BCUT2D eigenvalue weighted by atomic mass is 10.0. The highest BCUT2D eigenvalue weighted by atomic mass is 79.9. The van der Waals surface area contributed by atoms with Crippen molar-refractivity contribution in [1.82, 2.24) is 9.80 Å². The van der Waals surface area contributed by atoms with E-state index in [9.17, 15) is 0 Å². The molecule has 30 heavy (non-hydrogen) atoms. The Kier molecular flexibility index (Phi) is 7.18. The van der Waals surface area contributed by atoms with Gasteiger partial charge in [-0.1, -0.05) is 28.1 Å². The molecule has 0 unspecified atom stereocenters. The number of ether oxygens (including phenoxy) is 2. The highest BCUT2D eigenvalue weighted by molar-refractivity contribution is 9.10. The number of rotatable bonds is 6. The van der Waals surface area contributed by atoms with Crippen molar-refractivity contribution in [1.29, 1.82) is 0 Å². The number of piperazine rings is 1. The van der Waals surface area contributed by atoms with Gasteiger partial charge in [0.15, 0.2) is 0 Å². The Balaban J connectivity index is 1.28. The maximum atomic E-state index is 5.55. The molecule has 0 radical (unpaired) electrons. The van der Waals surface area contributed by atoms with Gasteiger partial charge in [-0.05, 0) is 56.3 Å². The highest BCUT2D eigenvalue weighted by Crippen LogP contribution is 2.30. The maximum Gasteiger partial charge on any atom is 0.142 e. The Bertz CT molecular complexity index is 831. The standard InChI is InChI=1S/C24H32BrN3O2/c1-29-23-8-7-20(25)17-19(23)18-26-11-9-21(10-12-26)27-13-15-28(16-14-27)22-5-3-4-6-24(22)30-2/h3-8,17,21H,9-16,18H2,1-2H3. The molecule has 2 aromatic carbocycles. The summed E-state index contributed by atoms with van der Waals surface area (Å²) in [5.74, 6) is 1.95. The van der Waals surface area contributed by atoms with Gasteiger partial charge in [-0.15, -0.1) is 0 Å². The molecule has 2 aliphatic rings. The molecule has 2 saturated heterocycles. The van der Waals surface area contributed by atoms with Crippen molar-refractivity contribution in [3.63, 3.8) is 0 Å². The predicted molar refractivity (Wildman–Crippen MR) is 126 cm³/mol. The summed E-state index contributed by atoms with van der Waals surface area (Å²) in [5, 5.41) is 0. The molecule has 0 spiro atoms. The number of anilines is 1. The summed E-state index contributed by atoms with van der Waals surface area (Å²) in [6.07, 6.45) is 2.48. The lowest BCUT2D eigenvalue weighted by Crippen LogP contribution is -2.53. The molecule has 0 amide bonds. The SMILES string of the molecule is COc1ccc(Br)cc1CN1CCC(N2CCN(c3ccccc3OC)CC2)CC1. The number of benzene rings is 2. The fourth-order valence-corrected chi connectivity index (χ4v) is 5.18. The van der Waals surface area contributed by atoms with Crippen LogP contribution < -0.4 is 14.4 Å². The van der Waals surface area contributed by atoms with E-state index in [1.165, 1.54) is 24.1 Å². The largest absolute Gasteiger partial charge is 0.496 e. The average molecular weight is 474 g/mol. The second kappa shape index (κ2) is 10.0. The van der Waals surface area contributed by atoms with E-state index in [4.69, 9.17) is 9.47 Å². The smallest absolute Gasteiger partial charge is 0.142 e. The molecule has 4 rings (SSSR count). The number of hydrogen-bond donors (Lipinski definition) is 0. The van der Waals surface area contributed by atoms with E-state index < -0.39 is 0 Å². The second-order valence-corrected chi connectivity index (χ2v) is 9.07. The van der Waals surface area contributed by atoms with Gasteiger partial charge in [-0.25, -0.2) is 0 Å². The van der Waals surface area contributed by atoms with Crippen LogP contribution >= 0.6 is 15.9 Å². The number of piperidine rings is 1. The molecular weight excluding hydrogens is 442 g/mol. The van der Waals surface area contributed by atoms with E-state index in [-0.39, 0.29) is 0 Å². The zero-order chi connectivity index (χ0) is 20.9. The number of methoxy groups -OCH3 is 2. The first-order chi connectivity index (χ1) is 14.7. The third-order valence-electron chi connectivity index (χ3n) is 6.45. The maximum absolute atomic E-state index is 5.55.